The SMILES string of the molecule is CN(CC(O)C1CC1)C(=O)C1NNC2CCN(C(=O)C3CC4CCCCC4N3)CC21. The molecule has 5 fully saturated rings. The van der Waals surface area contributed by atoms with E-state index in [-0.39, 0.29) is 35.9 Å². The third kappa shape index (κ3) is 3.99. The van der Waals surface area contributed by atoms with E-state index < -0.39 is 6.10 Å². The fraction of sp³-hybridized carbons (Fsp3) is 0.909. The zero-order valence-corrected chi connectivity index (χ0v) is 18.1. The van der Waals surface area contributed by atoms with E-state index in [0.717, 1.165) is 32.2 Å². The van der Waals surface area contributed by atoms with Gasteiger partial charge in [-0.15, -0.1) is 0 Å². The highest BCUT2D eigenvalue weighted by atomic mass is 16.3. The van der Waals surface area contributed by atoms with E-state index in [4.69, 9.17) is 0 Å². The zero-order chi connectivity index (χ0) is 20.8. The Morgan fingerprint density at radius 1 is 1.10 bits per heavy atom. The van der Waals surface area contributed by atoms with Crippen LogP contribution in [-0.4, -0.2) is 83.7 Å². The molecule has 3 aliphatic heterocycles. The standard InChI is InChI=1S/C22H37N5O3/c1-26(12-19(28)13-6-7-13)22(30)20-15-11-27(9-8-17(15)24-25-20)21(29)18-10-14-4-2-3-5-16(14)23-18/h13-20,23-25,28H,2-12H2,1H3. The van der Waals surface area contributed by atoms with Gasteiger partial charge in [0.15, 0.2) is 0 Å². The predicted octanol–water partition coefficient (Wildman–Crippen LogP) is -0.170. The molecule has 8 heteroatoms. The highest BCUT2D eigenvalue weighted by molar-refractivity contribution is 5.84. The van der Waals surface area contributed by atoms with Crippen LogP contribution in [0.5, 0.6) is 0 Å². The molecule has 30 heavy (non-hydrogen) atoms. The van der Waals surface area contributed by atoms with E-state index in [9.17, 15) is 14.7 Å². The summed E-state index contributed by atoms with van der Waals surface area (Å²) in [6.07, 6.45) is 8.53. The van der Waals surface area contributed by atoms with Gasteiger partial charge in [0.05, 0.1) is 12.1 Å². The molecule has 7 atom stereocenters. The molecule has 0 bridgehead atoms. The number of nitrogens with one attached hydrogen (secondary N) is 3. The molecule has 3 heterocycles. The van der Waals surface area contributed by atoms with Gasteiger partial charge < -0.3 is 20.2 Å². The summed E-state index contributed by atoms with van der Waals surface area (Å²) in [5.41, 5.74) is 6.48. The molecule has 0 aromatic rings. The van der Waals surface area contributed by atoms with Crippen molar-refractivity contribution in [2.24, 2.45) is 17.8 Å². The monoisotopic (exact) mass is 419 g/mol. The summed E-state index contributed by atoms with van der Waals surface area (Å²) in [6.45, 7) is 1.75. The zero-order valence-electron chi connectivity index (χ0n) is 18.1. The fourth-order valence-corrected chi connectivity index (χ4v) is 6.22. The van der Waals surface area contributed by atoms with Crippen LogP contribution in [-0.2, 0) is 9.59 Å². The smallest absolute Gasteiger partial charge is 0.241 e. The molecule has 5 aliphatic rings. The Balaban J connectivity index is 1.19. The maximum atomic E-state index is 13.3. The summed E-state index contributed by atoms with van der Waals surface area (Å²) in [6, 6.07) is 0.327. The van der Waals surface area contributed by atoms with Crippen molar-refractivity contribution in [2.75, 3.05) is 26.7 Å². The molecule has 0 spiro atoms. The third-order valence-electron chi connectivity index (χ3n) is 8.25. The summed E-state index contributed by atoms with van der Waals surface area (Å²) in [4.78, 5) is 30.0. The Hall–Kier alpha value is -1.22. The lowest BCUT2D eigenvalue weighted by atomic mass is 9.84. The summed E-state index contributed by atoms with van der Waals surface area (Å²) in [5.74, 6) is 1.31. The average molecular weight is 420 g/mol. The van der Waals surface area contributed by atoms with E-state index in [1.165, 1.54) is 25.7 Å². The lowest BCUT2D eigenvalue weighted by molar-refractivity contribution is -0.138. The van der Waals surface area contributed by atoms with Crippen molar-refractivity contribution < 1.29 is 14.7 Å². The number of aliphatic hydroxyl groups excluding tert-OH is 1. The van der Waals surface area contributed by atoms with Gasteiger partial charge in [0.2, 0.25) is 11.8 Å². The molecular formula is C22H37N5O3. The molecule has 2 saturated carbocycles. The van der Waals surface area contributed by atoms with Crippen molar-refractivity contribution in [3.05, 3.63) is 0 Å². The molecule has 8 nitrogen and oxygen atoms in total. The van der Waals surface area contributed by atoms with Crippen molar-refractivity contribution in [3.63, 3.8) is 0 Å². The van der Waals surface area contributed by atoms with E-state index in [0.29, 0.717) is 31.0 Å². The molecule has 2 aliphatic carbocycles. The number of piperidine rings is 1. The Morgan fingerprint density at radius 3 is 2.67 bits per heavy atom. The average Bonchev–Trinajstić information content (AvgIpc) is 3.39. The highest BCUT2D eigenvalue weighted by Gasteiger charge is 2.47. The number of fused-ring (bicyclic) bond motifs is 2. The maximum absolute atomic E-state index is 13.3. The second-order valence-electron chi connectivity index (χ2n) is 10.3. The van der Waals surface area contributed by atoms with Gasteiger partial charge in [-0.1, -0.05) is 12.8 Å². The van der Waals surface area contributed by atoms with Crippen molar-refractivity contribution in [2.45, 2.75) is 81.6 Å². The number of rotatable bonds is 5. The maximum Gasteiger partial charge on any atom is 0.241 e. The summed E-state index contributed by atoms with van der Waals surface area (Å²) < 4.78 is 0. The molecule has 0 aromatic carbocycles. The van der Waals surface area contributed by atoms with Gasteiger partial charge in [0.1, 0.15) is 6.04 Å². The Labute approximate surface area is 179 Å². The van der Waals surface area contributed by atoms with Gasteiger partial charge in [0.25, 0.3) is 0 Å². The third-order valence-corrected chi connectivity index (χ3v) is 8.25. The number of likely N-dealkylation sites (N-methyl/N-ethyl adjacent to an activating group) is 1. The first-order valence-corrected chi connectivity index (χ1v) is 12.0. The molecule has 2 amide bonds. The Bertz CT molecular complexity index is 657. The lowest BCUT2D eigenvalue weighted by Crippen LogP contribution is -2.55. The van der Waals surface area contributed by atoms with E-state index in [1.54, 1.807) is 11.9 Å². The molecule has 3 saturated heterocycles. The topological polar surface area (TPSA) is 96.9 Å². The second-order valence-corrected chi connectivity index (χ2v) is 10.3. The van der Waals surface area contributed by atoms with Crippen molar-refractivity contribution in [1.29, 1.82) is 0 Å². The van der Waals surface area contributed by atoms with Crippen LogP contribution in [0.25, 0.3) is 0 Å². The first kappa shape index (κ1) is 20.7. The van der Waals surface area contributed by atoms with E-state index >= 15 is 0 Å². The minimum atomic E-state index is -0.425. The summed E-state index contributed by atoms with van der Waals surface area (Å²) in [7, 11) is 1.78. The van der Waals surface area contributed by atoms with Crippen LogP contribution in [0.2, 0.25) is 0 Å². The van der Waals surface area contributed by atoms with Gasteiger partial charge in [-0.05, 0) is 50.4 Å². The predicted molar refractivity (Wildman–Crippen MR) is 112 cm³/mol. The van der Waals surface area contributed by atoms with Crippen LogP contribution >= 0.6 is 0 Å². The van der Waals surface area contributed by atoms with E-state index in [2.05, 4.69) is 16.2 Å². The molecule has 4 N–H and O–H groups in total. The number of amides is 2. The van der Waals surface area contributed by atoms with Gasteiger partial charge >= 0.3 is 0 Å². The number of hydrogen-bond acceptors (Lipinski definition) is 6. The van der Waals surface area contributed by atoms with Crippen LogP contribution in [0.15, 0.2) is 0 Å². The molecule has 0 aromatic heterocycles. The molecule has 0 radical (unpaired) electrons. The van der Waals surface area contributed by atoms with Crippen LogP contribution < -0.4 is 16.2 Å². The van der Waals surface area contributed by atoms with Crippen LogP contribution in [0.4, 0.5) is 0 Å². The van der Waals surface area contributed by atoms with Crippen LogP contribution in [0.3, 0.4) is 0 Å². The van der Waals surface area contributed by atoms with Gasteiger partial charge in [-0.25, -0.2) is 5.43 Å². The highest BCUT2D eigenvalue weighted by Crippen LogP contribution is 2.35. The van der Waals surface area contributed by atoms with Gasteiger partial charge in [-0.3, -0.25) is 15.0 Å². The Morgan fingerprint density at radius 2 is 1.90 bits per heavy atom. The van der Waals surface area contributed by atoms with E-state index in [1.807, 2.05) is 4.90 Å². The summed E-state index contributed by atoms with van der Waals surface area (Å²) in [5, 5.41) is 13.8. The van der Waals surface area contributed by atoms with Gasteiger partial charge in [-0.2, -0.15) is 0 Å². The van der Waals surface area contributed by atoms with Gasteiger partial charge in [0, 0.05) is 44.7 Å². The molecule has 168 valence electrons. The number of carbonyl (C=O) groups is 2. The van der Waals surface area contributed by atoms with Crippen molar-refractivity contribution >= 4 is 11.8 Å². The van der Waals surface area contributed by atoms with Crippen molar-refractivity contribution in [1.82, 2.24) is 26.0 Å². The number of nitrogens with zero attached hydrogens (tertiary/aromatic N) is 2. The van der Waals surface area contributed by atoms with Crippen LogP contribution in [0, 0.1) is 17.8 Å². The Kier molecular flexibility index (Phi) is 5.77. The largest absolute Gasteiger partial charge is 0.391 e. The first-order valence-electron chi connectivity index (χ1n) is 12.0. The normalized spacial score (nSPS) is 39.3. The molecule has 5 rings (SSSR count). The minimum absolute atomic E-state index is 0.00834. The molecular weight excluding hydrogens is 382 g/mol. The number of likely N-dealkylation sites (tertiary alicyclic amines) is 1. The summed E-state index contributed by atoms with van der Waals surface area (Å²) >= 11 is 0. The van der Waals surface area contributed by atoms with Crippen LogP contribution in [0.1, 0.15) is 51.4 Å². The first-order chi connectivity index (χ1) is 14.5. The van der Waals surface area contributed by atoms with Crippen molar-refractivity contribution in [3.8, 4) is 0 Å². The number of hydrazine groups is 1. The minimum Gasteiger partial charge on any atom is -0.391 e. The number of carbonyl (C=O) groups excluding carboxylic acids is 2. The molecule has 7 unspecified atom stereocenters. The fourth-order valence-electron chi connectivity index (χ4n) is 6.22. The second kappa shape index (κ2) is 8.37. The number of aliphatic hydroxyl groups is 1. The number of hydrogen-bond donors (Lipinski definition) is 4. The lowest BCUT2D eigenvalue weighted by Gasteiger charge is -2.37. The quantitative estimate of drug-likeness (QED) is 0.494.